The van der Waals surface area contributed by atoms with Crippen LogP contribution in [0, 0.1) is 0 Å². The number of amides is 2. The van der Waals surface area contributed by atoms with Crippen molar-refractivity contribution in [2.75, 3.05) is 6.54 Å². The van der Waals surface area contributed by atoms with Gasteiger partial charge in [-0.1, -0.05) is 30.3 Å². The molecule has 2 heterocycles. The third kappa shape index (κ3) is 3.45. The van der Waals surface area contributed by atoms with Crippen LogP contribution >= 0.6 is 0 Å². The molecule has 1 aromatic carbocycles. The predicted molar refractivity (Wildman–Crippen MR) is 87.8 cm³/mol. The molecular weight excluding hydrogens is 306 g/mol. The monoisotopic (exact) mass is 327 g/mol. The van der Waals surface area contributed by atoms with Gasteiger partial charge >= 0.3 is 0 Å². The van der Waals surface area contributed by atoms with Crippen LogP contribution in [0.2, 0.25) is 0 Å². The summed E-state index contributed by atoms with van der Waals surface area (Å²) in [6.07, 6.45) is 0.527. The highest BCUT2D eigenvalue weighted by atomic mass is 16.2. The maximum Gasteiger partial charge on any atom is 0.225 e. The molecule has 7 heteroatoms. The molecule has 1 aliphatic rings. The number of nitrogens with two attached hydrogens (primary N) is 1. The van der Waals surface area contributed by atoms with Crippen molar-refractivity contribution in [1.29, 1.82) is 0 Å². The van der Waals surface area contributed by atoms with Crippen LogP contribution in [0.15, 0.2) is 30.3 Å². The van der Waals surface area contributed by atoms with E-state index >= 15 is 0 Å². The van der Waals surface area contributed by atoms with Gasteiger partial charge in [-0.3, -0.25) is 9.59 Å². The van der Waals surface area contributed by atoms with E-state index in [9.17, 15) is 9.59 Å². The van der Waals surface area contributed by atoms with Gasteiger partial charge in [-0.2, -0.15) is 5.10 Å². The Balaban J connectivity index is 1.73. The van der Waals surface area contributed by atoms with Crippen molar-refractivity contribution in [3.8, 4) is 0 Å². The highest BCUT2D eigenvalue weighted by molar-refractivity contribution is 5.79. The minimum atomic E-state index is -0.462. The Morgan fingerprint density at radius 1 is 1.33 bits per heavy atom. The van der Waals surface area contributed by atoms with Crippen LogP contribution in [0.1, 0.15) is 36.5 Å². The number of aromatic nitrogens is 3. The Hall–Kier alpha value is -2.70. The molecule has 126 valence electrons. The maximum atomic E-state index is 12.3. The van der Waals surface area contributed by atoms with Crippen molar-refractivity contribution < 1.29 is 9.59 Å². The van der Waals surface area contributed by atoms with Crippen LogP contribution in [0.25, 0.3) is 0 Å². The van der Waals surface area contributed by atoms with Crippen LogP contribution in [-0.4, -0.2) is 38.0 Å². The molecule has 1 fully saturated rings. The largest absolute Gasteiger partial charge is 0.369 e. The van der Waals surface area contributed by atoms with E-state index in [4.69, 9.17) is 5.73 Å². The molecule has 0 radical (unpaired) electrons. The third-order valence-electron chi connectivity index (χ3n) is 4.24. The molecule has 2 N–H and O–H groups in total. The summed E-state index contributed by atoms with van der Waals surface area (Å²) in [4.78, 5) is 29.6. The summed E-state index contributed by atoms with van der Waals surface area (Å²) >= 11 is 0. The van der Waals surface area contributed by atoms with Crippen LogP contribution < -0.4 is 5.73 Å². The van der Waals surface area contributed by atoms with Crippen LogP contribution in [0.5, 0.6) is 0 Å². The number of hydrogen-bond donors (Lipinski definition) is 1. The van der Waals surface area contributed by atoms with Gasteiger partial charge in [0.15, 0.2) is 5.82 Å². The lowest BCUT2D eigenvalue weighted by atomic mass is 9.99. The lowest BCUT2D eigenvalue weighted by molar-refractivity contribution is -0.128. The number of hydrogen-bond acceptors (Lipinski definition) is 4. The Bertz CT molecular complexity index is 741. The van der Waals surface area contributed by atoms with Crippen molar-refractivity contribution in [1.82, 2.24) is 19.7 Å². The maximum absolute atomic E-state index is 12.3. The summed E-state index contributed by atoms with van der Waals surface area (Å²) in [5, 5.41) is 4.28. The van der Waals surface area contributed by atoms with Crippen molar-refractivity contribution in [2.24, 2.45) is 5.73 Å². The van der Waals surface area contributed by atoms with Gasteiger partial charge in [-0.05, 0) is 12.5 Å². The Morgan fingerprint density at radius 3 is 2.75 bits per heavy atom. The van der Waals surface area contributed by atoms with Crippen LogP contribution in [-0.2, 0) is 29.1 Å². The normalized spacial score (nSPS) is 17.5. The zero-order chi connectivity index (χ0) is 17.1. The minimum absolute atomic E-state index is 0.0145. The topological polar surface area (TPSA) is 94.1 Å². The SMILES string of the molecule is CCn1nc(CC(N)=O)nc1CN1C[C@@H](c2ccccc2)CC1=O. The predicted octanol–water partition coefficient (Wildman–Crippen LogP) is 0.842. The molecule has 0 unspecified atom stereocenters. The first kappa shape index (κ1) is 16.2. The smallest absolute Gasteiger partial charge is 0.225 e. The average Bonchev–Trinajstić information content (AvgIpc) is 3.11. The average molecular weight is 327 g/mol. The summed E-state index contributed by atoms with van der Waals surface area (Å²) in [5.41, 5.74) is 6.38. The Labute approximate surface area is 140 Å². The second kappa shape index (κ2) is 6.82. The summed E-state index contributed by atoms with van der Waals surface area (Å²) in [6.45, 7) is 3.66. The van der Waals surface area contributed by atoms with Gasteiger partial charge in [0.25, 0.3) is 0 Å². The molecule has 0 saturated carbocycles. The number of likely N-dealkylation sites (tertiary alicyclic amines) is 1. The summed E-state index contributed by atoms with van der Waals surface area (Å²) < 4.78 is 1.72. The highest BCUT2D eigenvalue weighted by Gasteiger charge is 2.31. The summed E-state index contributed by atoms with van der Waals surface area (Å²) in [7, 11) is 0. The van der Waals surface area contributed by atoms with E-state index in [0.29, 0.717) is 37.7 Å². The zero-order valence-electron chi connectivity index (χ0n) is 13.7. The second-order valence-corrected chi connectivity index (χ2v) is 5.99. The molecule has 0 spiro atoms. The first-order chi connectivity index (χ1) is 11.6. The fourth-order valence-corrected chi connectivity index (χ4v) is 3.07. The molecule has 0 aliphatic carbocycles. The quantitative estimate of drug-likeness (QED) is 0.851. The van der Waals surface area contributed by atoms with E-state index in [1.165, 1.54) is 5.56 Å². The number of carbonyl (C=O) groups is 2. The van der Waals surface area contributed by atoms with Crippen molar-refractivity contribution in [3.63, 3.8) is 0 Å². The molecule has 7 nitrogen and oxygen atoms in total. The fraction of sp³-hybridized carbons (Fsp3) is 0.412. The van der Waals surface area contributed by atoms with Gasteiger partial charge in [0.05, 0.1) is 13.0 Å². The van der Waals surface area contributed by atoms with E-state index in [-0.39, 0.29) is 18.2 Å². The van der Waals surface area contributed by atoms with Gasteiger partial charge in [-0.25, -0.2) is 9.67 Å². The van der Waals surface area contributed by atoms with E-state index in [0.717, 1.165) is 0 Å². The number of aryl methyl sites for hydroxylation is 1. The molecule has 2 amide bonds. The zero-order valence-corrected chi connectivity index (χ0v) is 13.7. The molecule has 1 aromatic heterocycles. The summed E-state index contributed by atoms with van der Waals surface area (Å²) in [5.74, 6) is 0.963. The van der Waals surface area contributed by atoms with Gasteiger partial charge in [-0.15, -0.1) is 0 Å². The van der Waals surface area contributed by atoms with Gasteiger partial charge < -0.3 is 10.6 Å². The first-order valence-corrected chi connectivity index (χ1v) is 8.10. The summed E-state index contributed by atoms with van der Waals surface area (Å²) in [6, 6.07) is 10.1. The van der Waals surface area contributed by atoms with Gasteiger partial charge in [0, 0.05) is 25.4 Å². The molecular formula is C17H21N5O2. The molecule has 24 heavy (non-hydrogen) atoms. The number of nitrogens with zero attached hydrogens (tertiary/aromatic N) is 4. The second-order valence-electron chi connectivity index (χ2n) is 5.99. The first-order valence-electron chi connectivity index (χ1n) is 8.10. The third-order valence-corrected chi connectivity index (χ3v) is 4.24. The molecule has 1 saturated heterocycles. The van der Waals surface area contributed by atoms with Crippen molar-refractivity contribution >= 4 is 11.8 Å². The minimum Gasteiger partial charge on any atom is -0.369 e. The van der Waals surface area contributed by atoms with Gasteiger partial charge in [0.1, 0.15) is 5.82 Å². The van der Waals surface area contributed by atoms with E-state index in [1.54, 1.807) is 4.68 Å². The lowest BCUT2D eigenvalue weighted by Crippen LogP contribution is -2.26. The molecule has 3 rings (SSSR count). The number of benzene rings is 1. The molecule has 1 atom stereocenters. The van der Waals surface area contributed by atoms with E-state index in [2.05, 4.69) is 22.2 Å². The van der Waals surface area contributed by atoms with Crippen molar-refractivity contribution in [3.05, 3.63) is 47.5 Å². The van der Waals surface area contributed by atoms with Crippen LogP contribution in [0.4, 0.5) is 0 Å². The Kier molecular flexibility index (Phi) is 4.59. The van der Waals surface area contributed by atoms with E-state index < -0.39 is 5.91 Å². The number of primary amides is 1. The Morgan fingerprint density at radius 2 is 2.08 bits per heavy atom. The standard InChI is InChI=1S/C17H21N5O2/c1-2-22-16(19-15(20-22)9-14(18)23)11-21-10-13(8-17(21)24)12-6-4-3-5-7-12/h3-7,13H,2,8-11H2,1H3,(H2,18,23)/t13-/m0/s1. The number of carbonyl (C=O) groups excluding carboxylic acids is 2. The lowest BCUT2D eigenvalue weighted by Gasteiger charge is -2.16. The van der Waals surface area contributed by atoms with E-state index in [1.807, 2.05) is 30.0 Å². The van der Waals surface area contributed by atoms with Crippen molar-refractivity contribution in [2.45, 2.75) is 38.8 Å². The van der Waals surface area contributed by atoms with Crippen LogP contribution in [0.3, 0.4) is 0 Å². The molecule has 1 aliphatic heterocycles. The number of rotatable bonds is 6. The fourth-order valence-electron chi connectivity index (χ4n) is 3.07. The molecule has 0 bridgehead atoms. The molecule has 2 aromatic rings. The van der Waals surface area contributed by atoms with Gasteiger partial charge in [0.2, 0.25) is 11.8 Å². The highest BCUT2D eigenvalue weighted by Crippen LogP contribution is 2.28.